The quantitative estimate of drug-likeness (QED) is 0.489. The first-order valence-corrected chi connectivity index (χ1v) is 10.7. The number of anilines is 1. The Labute approximate surface area is 188 Å². The number of thiophene rings is 1. The number of aromatic nitrogens is 3. The molecule has 31 heavy (non-hydrogen) atoms. The molecule has 9 heteroatoms. The van der Waals surface area contributed by atoms with Crippen LogP contribution in [0.2, 0.25) is 5.02 Å². The molecule has 1 aromatic carbocycles. The molecule has 0 saturated heterocycles. The fourth-order valence-electron chi connectivity index (χ4n) is 3.38. The number of nitrogens with zero attached hydrogens (tertiary/aromatic N) is 4. The molecule has 0 aliphatic rings. The van der Waals surface area contributed by atoms with Gasteiger partial charge in [-0.3, -0.25) is 14.3 Å². The smallest absolute Gasteiger partial charge is 0.256 e. The molecule has 158 valence electrons. The van der Waals surface area contributed by atoms with Gasteiger partial charge in [-0.25, -0.2) is 4.98 Å². The molecule has 2 amide bonds. The second kappa shape index (κ2) is 8.13. The number of benzene rings is 1. The zero-order valence-electron chi connectivity index (χ0n) is 17.4. The van der Waals surface area contributed by atoms with Crippen LogP contribution in [-0.4, -0.2) is 45.6 Å². The van der Waals surface area contributed by atoms with Gasteiger partial charge in [-0.15, -0.1) is 11.3 Å². The van der Waals surface area contributed by atoms with Crippen LogP contribution in [-0.2, 0) is 7.05 Å². The van der Waals surface area contributed by atoms with Crippen LogP contribution in [0, 0.1) is 6.92 Å². The molecule has 0 radical (unpaired) electrons. The lowest BCUT2D eigenvalue weighted by Crippen LogP contribution is -2.22. The minimum atomic E-state index is -0.349. The number of halogens is 1. The molecular weight excluding hydrogens is 434 g/mol. The van der Waals surface area contributed by atoms with E-state index in [1.807, 2.05) is 24.4 Å². The van der Waals surface area contributed by atoms with E-state index in [-0.39, 0.29) is 11.8 Å². The van der Waals surface area contributed by atoms with Gasteiger partial charge in [-0.2, -0.15) is 5.10 Å². The highest BCUT2D eigenvalue weighted by atomic mass is 35.5. The topological polar surface area (TPSA) is 80.1 Å². The van der Waals surface area contributed by atoms with Gasteiger partial charge in [0.25, 0.3) is 11.8 Å². The lowest BCUT2D eigenvalue weighted by atomic mass is 10.1. The Morgan fingerprint density at radius 3 is 2.65 bits per heavy atom. The van der Waals surface area contributed by atoms with Gasteiger partial charge in [-0.1, -0.05) is 17.7 Å². The van der Waals surface area contributed by atoms with E-state index in [0.717, 1.165) is 4.88 Å². The number of rotatable bonds is 4. The van der Waals surface area contributed by atoms with Gasteiger partial charge >= 0.3 is 0 Å². The molecule has 0 spiro atoms. The van der Waals surface area contributed by atoms with Crippen LogP contribution in [0.4, 0.5) is 5.69 Å². The fraction of sp³-hybridized carbons (Fsp3) is 0.182. The number of hydrogen-bond donors (Lipinski definition) is 1. The molecule has 3 heterocycles. The van der Waals surface area contributed by atoms with E-state index in [0.29, 0.717) is 44.3 Å². The summed E-state index contributed by atoms with van der Waals surface area (Å²) in [5, 5.41) is 10.3. The van der Waals surface area contributed by atoms with Crippen molar-refractivity contribution in [1.29, 1.82) is 0 Å². The summed E-state index contributed by atoms with van der Waals surface area (Å²) >= 11 is 7.86. The first-order chi connectivity index (χ1) is 14.8. The number of amides is 2. The zero-order chi connectivity index (χ0) is 22.3. The van der Waals surface area contributed by atoms with E-state index in [4.69, 9.17) is 16.6 Å². The van der Waals surface area contributed by atoms with E-state index >= 15 is 0 Å². The molecule has 4 rings (SSSR count). The highest BCUT2D eigenvalue weighted by Crippen LogP contribution is 2.31. The summed E-state index contributed by atoms with van der Waals surface area (Å²) in [5.74, 6) is -0.529. The van der Waals surface area contributed by atoms with Crippen molar-refractivity contribution < 1.29 is 9.59 Å². The van der Waals surface area contributed by atoms with Gasteiger partial charge in [0, 0.05) is 26.7 Å². The molecule has 7 nitrogen and oxygen atoms in total. The van der Waals surface area contributed by atoms with Gasteiger partial charge in [-0.05, 0) is 42.6 Å². The van der Waals surface area contributed by atoms with Crippen LogP contribution in [0.25, 0.3) is 21.6 Å². The van der Waals surface area contributed by atoms with Gasteiger partial charge in [0.2, 0.25) is 0 Å². The summed E-state index contributed by atoms with van der Waals surface area (Å²) in [6, 6.07) is 10.5. The van der Waals surface area contributed by atoms with E-state index in [1.165, 1.54) is 4.90 Å². The second-order valence-corrected chi connectivity index (χ2v) is 8.64. The molecule has 0 aliphatic heterocycles. The average Bonchev–Trinajstić information content (AvgIpc) is 3.37. The third-order valence-corrected chi connectivity index (χ3v) is 6.08. The van der Waals surface area contributed by atoms with Crippen LogP contribution in [0.5, 0.6) is 0 Å². The number of pyridine rings is 1. The lowest BCUT2D eigenvalue weighted by molar-refractivity contribution is 0.0827. The third-order valence-electron chi connectivity index (χ3n) is 4.85. The Bertz CT molecular complexity index is 1310. The average molecular weight is 454 g/mol. The predicted octanol–water partition coefficient (Wildman–Crippen LogP) is 4.61. The van der Waals surface area contributed by atoms with Crippen molar-refractivity contribution in [2.24, 2.45) is 7.05 Å². The maximum Gasteiger partial charge on any atom is 0.256 e. The molecule has 0 aliphatic carbocycles. The van der Waals surface area contributed by atoms with Crippen LogP contribution in [0.1, 0.15) is 26.4 Å². The van der Waals surface area contributed by atoms with E-state index in [1.54, 1.807) is 61.4 Å². The lowest BCUT2D eigenvalue weighted by Gasteiger charge is -2.13. The minimum Gasteiger partial charge on any atom is -0.345 e. The second-order valence-electron chi connectivity index (χ2n) is 7.29. The van der Waals surface area contributed by atoms with E-state index in [9.17, 15) is 9.59 Å². The molecule has 0 fully saturated rings. The Kier molecular flexibility index (Phi) is 5.51. The number of hydrogen-bond acceptors (Lipinski definition) is 5. The summed E-state index contributed by atoms with van der Waals surface area (Å²) in [7, 11) is 5.13. The van der Waals surface area contributed by atoms with Crippen molar-refractivity contribution in [2.75, 3.05) is 19.4 Å². The van der Waals surface area contributed by atoms with Crippen LogP contribution in [0.15, 0.2) is 41.8 Å². The molecule has 0 bridgehead atoms. The number of carbonyl (C=O) groups is 2. The SMILES string of the molecule is Cc1nn(C)c2nc(-c3cccs3)cc(C(=O)Nc3cc(C(=O)N(C)C)ccc3Cl)c12. The van der Waals surface area contributed by atoms with Gasteiger partial charge in [0.15, 0.2) is 5.65 Å². The monoisotopic (exact) mass is 453 g/mol. The maximum atomic E-state index is 13.4. The van der Waals surface area contributed by atoms with E-state index in [2.05, 4.69) is 10.4 Å². The van der Waals surface area contributed by atoms with Crippen LogP contribution < -0.4 is 5.32 Å². The number of aryl methyl sites for hydroxylation is 2. The van der Waals surface area contributed by atoms with Crippen molar-refractivity contribution in [3.63, 3.8) is 0 Å². The predicted molar refractivity (Wildman–Crippen MR) is 124 cm³/mol. The van der Waals surface area contributed by atoms with E-state index < -0.39 is 0 Å². The van der Waals surface area contributed by atoms with Crippen molar-refractivity contribution in [3.05, 3.63) is 63.6 Å². The van der Waals surface area contributed by atoms with Gasteiger partial charge in [0.05, 0.1) is 37.9 Å². The summed E-state index contributed by atoms with van der Waals surface area (Å²) in [6.07, 6.45) is 0. The molecule has 3 aromatic heterocycles. The summed E-state index contributed by atoms with van der Waals surface area (Å²) in [5.41, 5.74) is 3.26. The number of nitrogens with one attached hydrogen (secondary N) is 1. The molecule has 1 N–H and O–H groups in total. The highest BCUT2D eigenvalue weighted by molar-refractivity contribution is 7.13. The summed E-state index contributed by atoms with van der Waals surface area (Å²) in [4.78, 5) is 32.8. The van der Waals surface area contributed by atoms with Gasteiger partial charge in [0.1, 0.15) is 0 Å². The first-order valence-electron chi connectivity index (χ1n) is 9.47. The van der Waals surface area contributed by atoms with Crippen molar-refractivity contribution in [1.82, 2.24) is 19.7 Å². The molecule has 0 unspecified atom stereocenters. The summed E-state index contributed by atoms with van der Waals surface area (Å²) < 4.78 is 1.67. The normalized spacial score (nSPS) is 11.0. The first kappa shape index (κ1) is 21.0. The fourth-order valence-corrected chi connectivity index (χ4v) is 4.23. The zero-order valence-corrected chi connectivity index (χ0v) is 19.0. The molecular formula is C22H20ClN5O2S. The Balaban J connectivity index is 1.80. The third kappa shape index (κ3) is 3.92. The molecule has 4 aromatic rings. The standard InChI is InChI=1S/C22H20ClN5O2S/c1-12-19-14(11-17(18-6-5-9-31-18)24-20(19)28(4)26-12)21(29)25-16-10-13(7-8-15(16)23)22(30)27(2)3/h5-11H,1-4H3,(H,25,29). The highest BCUT2D eigenvalue weighted by Gasteiger charge is 2.21. The largest absolute Gasteiger partial charge is 0.345 e. The van der Waals surface area contributed by atoms with Crippen molar-refractivity contribution in [2.45, 2.75) is 6.92 Å². The maximum absolute atomic E-state index is 13.4. The Morgan fingerprint density at radius 2 is 1.97 bits per heavy atom. The minimum absolute atomic E-state index is 0.179. The van der Waals surface area contributed by atoms with Crippen molar-refractivity contribution >= 4 is 51.5 Å². The molecule has 0 atom stereocenters. The number of carbonyl (C=O) groups excluding carboxylic acids is 2. The summed E-state index contributed by atoms with van der Waals surface area (Å²) in [6.45, 7) is 1.84. The molecule has 0 saturated carbocycles. The van der Waals surface area contributed by atoms with Crippen molar-refractivity contribution in [3.8, 4) is 10.6 Å². The van der Waals surface area contributed by atoms with Crippen LogP contribution in [0.3, 0.4) is 0 Å². The van der Waals surface area contributed by atoms with Crippen LogP contribution >= 0.6 is 22.9 Å². The Morgan fingerprint density at radius 1 is 1.19 bits per heavy atom. The Hall–Kier alpha value is -3.23. The van der Waals surface area contributed by atoms with Gasteiger partial charge < -0.3 is 10.2 Å². The number of fused-ring (bicyclic) bond motifs is 1.